The number of ether oxygens (including phenoxy) is 2. The number of rotatable bonds is 24. The highest BCUT2D eigenvalue weighted by atomic mass is 16.5. The average Bonchev–Trinajstić information content (AvgIpc) is 3.05. The maximum absolute atomic E-state index is 6.21. The number of hydrogen-bond acceptors (Lipinski definition) is 2. The van der Waals surface area contributed by atoms with Crippen molar-refractivity contribution in [1.29, 1.82) is 0 Å². The van der Waals surface area contributed by atoms with Gasteiger partial charge >= 0.3 is 0 Å². The Morgan fingerprint density at radius 3 is 1.37 bits per heavy atom. The molecule has 0 aliphatic rings. The van der Waals surface area contributed by atoms with E-state index in [4.69, 9.17) is 9.47 Å². The van der Waals surface area contributed by atoms with Crippen LogP contribution in [0.3, 0.4) is 0 Å². The average molecular weight is 585 g/mol. The predicted molar refractivity (Wildman–Crippen MR) is 187 cm³/mol. The lowest BCUT2D eigenvalue weighted by Crippen LogP contribution is -2.02. The molecule has 236 valence electrons. The second-order valence-corrected chi connectivity index (χ2v) is 12.4. The highest BCUT2D eigenvalue weighted by Crippen LogP contribution is 2.33. The molecule has 0 spiro atoms. The van der Waals surface area contributed by atoms with Crippen LogP contribution in [-0.4, -0.2) is 13.2 Å². The SMILES string of the molecule is CCCCCCCCCCCCCCOC(C)c1ccc(-c2ccccc2-c2ccc(OCCCCCCC)cc2)cc1. The van der Waals surface area contributed by atoms with Gasteiger partial charge in [0.25, 0.3) is 0 Å². The molecule has 0 N–H and O–H groups in total. The summed E-state index contributed by atoms with van der Waals surface area (Å²) >= 11 is 0. The smallest absolute Gasteiger partial charge is 0.119 e. The maximum atomic E-state index is 6.21. The van der Waals surface area contributed by atoms with Crippen molar-refractivity contribution in [1.82, 2.24) is 0 Å². The Hall–Kier alpha value is -2.58. The fourth-order valence-electron chi connectivity index (χ4n) is 5.85. The van der Waals surface area contributed by atoms with Crippen molar-refractivity contribution in [2.24, 2.45) is 0 Å². The van der Waals surface area contributed by atoms with Gasteiger partial charge in [0.15, 0.2) is 0 Å². The Morgan fingerprint density at radius 2 is 0.884 bits per heavy atom. The largest absolute Gasteiger partial charge is 0.494 e. The molecule has 3 rings (SSSR count). The topological polar surface area (TPSA) is 18.5 Å². The summed E-state index contributed by atoms with van der Waals surface area (Å²) in [6, 6.07) is 26.2. The molecule has 2 heteroatoms. The molecule has 0 amide bonds. The third-order valence-corrected chi connectivity index (χ3v) is 8.67. The Balaban J connectivity index is 1.38. The Kier molecular flexibility index (Phi) is 17.9. The van der Waals surface area contributed by atoms with E-state index in [9.17, 15) is 0 Å². The molecular formula is C41H60O2. The molecule has 0 aromatic heterocycles. The summed E-state index contributed by atoms with van der Waals surface area (Å²) in [6.07, 6.45) is 22.9. The molecule has 0 aliphatic heterocycles. The Morgan fingerprint density at radius 1 is 0.465 bits per heavy atom. The van der Waals surface area contributed by atoms with Crippen LogP contribution >= 0.6 is 0 Å². The molecule has 0 saturated carbocycles. The molecule has 0 bridgehead atoms. The number of hydrogen-bond donors (Lipinski definition) is 0. The minimum absolute atomic E-state index is 0.121. The lowest BCUT2D eigenvalue weighted by molar-refractivity contribution is 0.0627. The van der Waals surface area contributed by atoms with Crippen LogP contribution in [0.2, 0.25) is 0 Å². The second kappa shape index (κ2) is 22.0. The van der Waals surface area contributed by atoms with Gasteiger partial charge in [0.2, 0.25) is 0 Å². The van der Waals surface area contributed by atoms with Gasteiger partial charge < -0.3 is 9.47 Å². The third-order valence-electron chi connectivity index (χ3n) is 8.67. The van der Waals surface area contributed by atoms with Gasteiger partial charge in [0.05, 0.1) is 12.7 Å². The van der Waals surface area contributed by atoms with Crippen molar-refractivity contribution in [3.8, 4) is 28.0 Å². The van der Waals surface area contributed by atoms with Crippen LogP contribution in [0.25, 0.3) is 22.3 Å². The van der Waals surface area contributed by atoms with Crippen molar-refractivity contribution in [3.05, 3.63) is 78.4 Å². The summed E-state index contributed by atoms with van der Waals surface area (Å²) in [5, 5.41) is 0. The lowest BCUT2D eigenvalue weighted by atomic mass is 9.94. The van der Waals surface area contributed by atoms with Crippen LogP contribution in [0.15, 0.2) is 72.8 Å². The Labute approximate surface area is 264 Å². The van der Waals surface area contributed by atoms with Crippen molar-refractivity contribution in [3.63, 3.8) is 0 Å². The van der Waals surface area contributed by atoms with Gasteiger partial charge in [0, 0.05) is 6.61 Å². The molecule has 0 saturated heterocycles. The van der Waals surface area contributed by atoms with Crippen LogP contribution < -0.4 is 4.74 Å². The van der Waals surface area contributed by atoms with E-state index in [1.54, 1.807) is 0 Å². The zero-order valence-corrected chi connectivity index (χ0v) is 27.8. The van der Waals surface area contributed by atoms with E-state index in [-0.39, 0.29) is 6.10 Å². The van der Waals surface area contributed by atoms with Gasteiger partial charge in [-0.05, 0) is 59.7 Å². The van der Waals surface area contributed by atoms with Crippen molar-refractivity contribution < 1.29 is 9.47 Å². The molecule has 0 fully saturated rings. The molecule has 3 aromatic rings. The van der Waals surface area contributed by atoms with Crippen molar-refractivity contribution in [2.45, 2.75) is 136 Å². The molecular weight excluding hydrogens is 524 g/mol. The summed E-state index contributed by atoms with van der Waals surface area (Å²) < 4.78 is 12.2. The monoisotopic (exact) mass is 584 g/mol. The summed E-state index contributed by atoms with van der Waals surface area (Å²) in [5.41, 5.74) is 6.20. The standard InChI is InChI=1S/C41H60O2/c1-4-6-8-10-11-12-13-14-15-16-18-21-33-42-35(3)36-25-27-37(28-26-36)40-23-19-20-24-41(40)38-29-31-39(32-30-38)43-34-22-17-9-7-5-2/h19-20,23-32,35H,4-18,21-22,33-34H2,1-3H3. The first-order chi connectivity index (χ1) is 21.2. The molecule has 2 nitrogen and oxygen atoms in total. The second-order valence-electron chi connectivity index (χ2n) is 12.4. The molecule has 1 atom stereocenters. The first-order valence-corrected chi connectivity index (χ1v) is 17.8. The predicted octanol–water partition coefficient (Wildman–Crippen LogP) is 13.1. The molecule has 1 unspecified atom stereocenters. The van der Waals surface area contributed by atoms with Gasteiger partial charge in [-0.2, -0.15) is 0 Å². The van der Waals surface area contributed by atoms with E-state index < -0.39 is 0 Å². The Bertz CT molecular complexity index is 1090. The summed E-state index contributed by atoms with van der Waals surface area (Å²) in [7, 11) is 0. The summed E-state index contributed by atoms with van der Waals surface area (Å²) in [4.78, 5) is 0. The maximum Gasteiger partial charge on any atom is 0.119 e. The van der Waals surface area contributed by atoms with Crippen LogP contribution in [0.5, 0.6) is 5.75 Å². The lowest BCUT2D eigenvalue weighted by Gasteiger charge is -2.15. The van der Waals surface area contributed by atoms with E-state index in [0.29, 0.717) is 0 Å². The molecule has 43 heavy (non-hydrogen) atoms. The van der Waals surface area contributed by atoms with Gasteiger partial charge in [-0.1, -0.05) is 171 Å². The zero-order valence-electron chi connectivity index (χ0n) is 27.8. The molecule has 3 aromatic carbocycles. The zero-order chi connectivity index (χ0) is 30.4. The van der Waals surface area contributed by atoms with Gasteiger partial charge in [-0.15, -0.1) is 0 Å². The summed E-state index contributed by atoms with van der Waals surface area (Å²) in [6.45, 7) is 8.37. The van der Waals surface area contributed by atoms with E-state index in [1.807, 2.05) is 0 Å². The fraction of sp³-hybridized carbons (Fsp3) is 0.561. The quantitative estimate of drug-likeness (QED) is 0.0975. The van der Waals surface area contributed by atoms with E-state index in [1.165, 1.54) is 124 Å². The van der Waals surface area contributed by atoms with E-state index >= 15 is 0 Å². The normalized spacial score (nSPS) is 12.0. The van der Waals surface area contributed by atoms with Gasteiger partial charge in [0.1, 0.15) is 5.75 Å². The van der Waals surface area contributed by atoms with Gasteiger partial charge in [-0.3, -0.25) is 0 Å². The third kappa shape index (κ3) is 13.7. The van der Waals surface area contributed by atoms with Crippen LogP contribution in [0.1, 0.15) is 142 Å². The fourth-order valence-corrected chi connectivity index (χ4v) is 5.85. The first-order valence-electron chi connectivity index (χ1n) is 17.8. The van der Waals surface area contributed by atoms with E-state index in [0.717, 1.165) is 31.8 Å². The van der Waals surface area contributed by atoms with Crippen molar-refractivity contribution >= 4 is 0 Å². The van der Waals surface area contributed by atoms with Crippen LogP contribution in [0, 0.1) is 0 Å². The molecule has 0 aliphatic carbocycles. The first kappa shape index (κ1) is 34.9. The van der Waals surface area contributed by atoms with Gasteiger partial charge in [-0.25, -0.2) is 0 Å². The number of unbranched alkanes of at least 4 members (excludes halogenated alkanes) is 15. The minimum Gasteiger partial charge on any atom is -0.494 e. The van der Waals surface area contributed by atoms with E-state index in [2.05, 4.69) is 93.6 Å². The number of benzene rings is 3. The highest BCUT2D eigenvalue weighted by molar-refractivity contribution is 5.83. The van der Waals surface area contributed by atoms with Crippen molar-refractivity contribution in [2.75, 3.05) is 13.2 Å². The van der Waals surface area contributed by atoms with Crippen LogP contribution in [-0.2, 0) is 4.74 Å². The molecule has 0 heterocycles. The summed E-state index contributed by atoms with van der Waals surface area (Å²) in [5.74, 6) is 0.957. The van der Waals surface area contributed by atoms with Crippen LogP contribution in [0.4, 0.5) is 0 Å². The highest BCUT2D eigenvalue weighted by Gasteiger charge is 2.10. The molecule has 0 radical (unpaired) electrons. The minimum atomic E-state index is 0.121.